The molecule has 1 saturated heterocycles. The van der Waals surface area contributed by atoms with E-state index >= 15 is 0 Å². The molecule has 4 aromatic rings. The van der Waals surface area contributed by atoms with Crippen molar-refractivity contribution in [2.24, 2.45) is 11.8 Å². The Hall–Kier alpha value is -4.86. The van der Waals surface area contributed by atoms with Gasteiger partial charge in [0.1, 0.15) is 5.75 Å². The minimum absolute atomic E-state index is 0.00221. The minimum atomic E-state index is -0.903. The number of carbonyl (C=O) groups is 3. The van der Waals surface area contributed by atoms with E-state index in [0.717, 1.165) is 46.7 Å². The Bertz CT molecular complexity index is 1780. The summed E-state index contributed by atoms with van der Waals surface area (Å²) >= 11 is 0. The number of unbranched alkanes of at least 4 members (excludes halogenated alkanes) is 4. The molecule has 2 aromatic heterocycles. The van der Waals surface area contributed by atoms with Gasteiger partial charge in [0, 0.05) is 54.6 Å². The average molecular weight is 694 g/mol. The molecule has 0 radical (unpaired) electrons. The molecule has 1 aliphatic rings. The van der Waals surface area contributed by atoms with Crippen LogP contribution in [0.25, 0.3) is 22.5 Å². The Kier molecular flexibility index (Phi) is 12.4. The quantitative estimate of drug-likeness (QED) is 0.0931. The third kappa shape index (κ3) is 9.68. The van der Waals surface area contributed by atoms with Gasteiger partial charge in [-0.1, -0.05) is 69.0 Å². The number of hydrogen-bond donors (Lipinski definition) is 1. The second kappa shape index (κ2) is 16.9. The number of Topliss-reactive ketones (excluding diaryl/α,β-unsaturated/α-hetero) is 1. The average Bonchev–Trinajstić information content (AvgIpc) is 3.78. The number of carboxylic acids is 1. The van der Waals surface area contributed by atoms with E-state index in [0.29, 0.717) is 30.8 Å². The first-order chi connectivity index (χ1) is 24.4. The number of ether oxygens (including phenoxy) is 1. The van der Waals surface area contributed by atoms with Crippen LogP contribution < -0.4 is 4.74 Å². The molecule has 10 heteroatoms. The Morgan fingerprint density at radius 3 is 2.18 bits per heavy atom. The van der Waals surface area contributed by atoms with Gasteiger partial charge in [0.2, 0.25) is 5.91 Å². The largest absolute Gasteiger partial charge is 0.494 e. The Balaban J connectivity index is 1.25. The number of benzene rings is 2. The molecule has 1 fully saturated rings. The van der Waals surface area contributed by atoms with Gasteiger partial charge in [-0.3, -0.25) is 19.1 Å². The fourth-order valence-electron chi connectivity index (χ4n) is 6.70. The molecule has 0 aliphatic carbocycles. The van der Waals surface area contributed by atoms with Gasteiger partial charge in [-0.25, -0.2) is 9.97 Å². The lowest BCUT2D eigenvalue weighted by atomic mass is 9.90. The number of aromatic nitrogens is 4. The van der Waals surface area contributed by atoms with E-state index in [4.69, 9.17) is 4.74 Å². The number of carboxylic acid groups (broad SMARTS) is 1. The van der Waals surface area contributed by atoms with Gasteiger partial charge in [0.05, 0.1) is 29.8 Å². The number of rotatable bonds is 16. The zero-order valence-corrected chi connectivity index (χ0v) is 30.6. The lowest BCUT2D eigenvalue weighted by molar-refractivity contribution is -0.141. The third-order valence-corrected chi connectivity index (χ3v) is 9.63. The molecule has 270 valence electrons. The van der Waals surface area contributed by atoms with Gasteiger partial charge < -0.3 is 14.7 Å². The van der Waals surface area contributed by atoms with Crippen molar-refractivity contribution >= 4 is 17.7 Å². The number of likely N-dealkylation sites (tertiary alicyclic amines) is 1. The first kappa shape index (κ1) is 37.4. The van der Waals surface area contributed by atoms with E-state index < -0.39 is 17.8 Å². The number of amides is 1. The van der Waals surface area contributed by atoms with Crippen molar-refractivity contribution in [2.45, 2.75) is 91.5 Å². The Morgan fingerprint density at radius 2 is 1.57 bits per heavy atom. The van der Waals surface area contributed by atoms with Crippen molar-refractivity contribution in [3.63, 3.8) is 0 Å². The highest BCUT2D eigenvalue weighted by Crippen LogP contribution is 2.28. The molecular formula is C41H51N5O5. The summed E-state index contributed by atoms with van der Waals surface area (Å²) in [6, 6.07) is 15.7. The normalized spacial score (nSPS) is 15.2. The van der Waals surface area contributed by atoms with Crippen LogP contribution in [0.1, 0.15) is 94.3 Å². The molecule has 10 nitrogen and oxygen atoms in total. The Morgan fingerprint density at radius 1 is 0.902 bits per heavy atom. The SMILES string of the molecule is CCCCCCCOc1ccc(-c2cnc(-c3ccc(C[C@H](CC(=O)c4cnn(C(C)(C)C)c4C)C(=O)N4CC[C@H](C(=O)O)C4)cc3)nc2)cc1. The minimum Gasteiger partial charge on any atom is -0.494 e. The van der Waals surface area contributed by atoms with Crippen LogP contribution in [0.2, 0.25) is 0 Å². The highest BCUT2D eigenvalue weighted by atomic mass is 16.5. The standard InChI is InChI=1S/C41H51N5O5/c1-6-7-8-9-10-21-51-35-17-15-30(16-18-35)34-24-42-38(43-25-34)31-13-11-29(12-14-31)22-33(39(48)45-20-19-32(27-45)40(49)50)23-37(47)36-26-44-46(28(36)2)41(3,4)5/h11-18,24-26,32-33H,6-10,19-23,27H2,1-5H3,(H,49,50)/t32-,33+/m0/s1. The van der Waals surface area contributed by atoms with Crippen molar-refractivity contribution in [3.8, 4) is 28.3 Å². The van der Waals surface area contributed by atoms with Gasteiger partial charge in [-0.2, -0.15) is 5.10 Å². The lowest BCUT2D eigenvalue weighted by Crippen LogP contribution is -2.37. The lowest BCUT2D eigenvalue weighted by Gasteiger charge is -2.24. The van der Waals surface area contributed by atoms with E-state index in [-0.39, 0.29) is 30.2 Å². The van der Waals surface area contributed by atoms with Crippen LogP contribution in [0.15, 0.2) is 67.1 Å². The fourth-order valence-corrected chi connectivity index (χ4v) is 6.70. The van der Waals surface area contributed by atoms with Crippen LogP contribution in [-0.2, 0) is 21.5 Å². The summed E-state index contributed by atoms with van der Waals surface area (Å²) in [4.78, 5) is 49.9. The summed E-state index contributed by atoms with van der Waals surface area (Å²) in [7, 11) is 0. The van der Waals surface area contributed by atoms with Gasteiger partial charge in [0.15, 0.2) is 11.6 Å². The zero-order valence-electron chi connectivity index (χ0n) is 30.6. The number of hydrogen-bond acceptors (Lipinski definition) is 7. The van der Waals surface area contributed by atoms with Gasteiger partial charge in [-0.15, -0.1) is 0 Å². The van der Waals surface area contributed by atoms with Crippen molar-refractivity contribution in [1.82, 2.24) is 24.6 Å². The van der Waals surface area contributed by atoms with E-state index in [9.17, 15) is 19.5 Å². The van der Waals surface area contributed by atoms with Crippen molar-refractivity contribution in [2.75, 3.05) is 19.7 Å². The summed E-state index contributed by atoms with van der Waals surface area (Å²) in [6.07, 6.45) is 12.0. The summed E-state index contributed by atoms with van der Waals surface area (Å²) in [5.41, 5.74) is 4.60. The summed E-state index contributed by atoms with van der Waals surface area (Å²) < 4.78 is 7.73. The first-order valence-electron chi connectivity index (χ1n) is 18.2. The molecule has 3 heterocycles. The maximum Gasteiger partial charge on any atom is 0.308 e. The van der Waals surface area contributed by atoms with E-state index in [1.807, 2.05) is 93.3 Å². The van der Waals surface area contributed by atoms with Crippen LogP contribution >= 0.6 is 0 Å². The maximum absolute atomic E-state index is 13.8. The fraction of sp³-hybridized carbons (Fsp3) is 0.463. The second-order valence-corrected chi connectivity index (χ2v) is 14.6. The summed E-state index contributed by atoms with van der Waals surface area (Å²) in [6.45, 7) is 11.4. The van der Waals surface area contributed by atoms with E-state index in [1.54, 1.807) is 11.1 Å². The molecule has 2 aromatic carbocycles. The molecule has 1 N–H and O–H groups in total. The number of ketones is 1. The number of carbonyl (C=O) groups excluding carboxylic acids is 2. The molecule has 0 spiro atoms. The van der Waals surface area contributed by atoms with Crippen molar-refractivity contribution in [3.05, 3.63) is 83.9 Å². The highest BCUT2D eigenvalue weighted by molar-refractivity contribution is 5.99. The van der Waals surface area contributed by atoms with Crippen molar-refractivity contribution < 1.29 is 24.2 Å². The molecule has 1 amide bonds. The van der Waals surface area contributed by atoms with Gasteiger partial charge >= 0.3 is 5.97 Å². The third-order valence-electron chi connectivity index (χ3n) is 9.63. The second-order valence-electron chi connectivity index (χ2n) is 14.6. The molecule has 5 rings (SSSR count). The van der Waals surface area contributed by atoms with Crippen LogP contribution in [-0.4, -0.2) is 67.1 Å². The summed E-state index contributed by atoms with van der Waals surface area (Å²) in [5.74, 6) is -1.05. The number of aliphatic carboxylic acids is 1. The van der Waals surface area contributed by atoms with Crippen LogP contribution in [0, 0.1) is 18.8 Å². The molecule has 0 saturated carbocycles. The monoisotopic (exact) mass is 693 g/mol. The molecule has 51 heavy (non-hydrogen) atoms. The van der Waals surface area contributed by atoms with Crippen LogP contribution in [0.3, 0.4) is 0 Å². The van der Waals surface area contributed by atoms with Crippen molar-refractivity contribution in [1.29, 1.82) is 0 Å². The van der Waals surface area contributed by atoms with Crippen LogP contribution in [0.5, 0.6) is 5.75 Å². The van der Waals surface area contributed by atoms with E-state index in [2.05, 4.69) is 22.0 Å². The Labute approximate surface area is 301 Å². The topological polar surface area (TPSA) is 128 Å². The predicted octanol–water partition coefficient (Wildman–Crippen LogP) is 7.78. The predicted molar refractivity (Wildman–Crippen MR) is 198 cm³/mol. The summed E-state index contributed by atoms with van der Waals surface area (Å²) in [5, 5.41) is 14.0. The molecule has 0 unspecified atom stereocenters. The van der Waals surface area contributed by atoms with Crippen LogP contribution in [0.4, 0.5) is 0 Å². The van der Waals surface area contributed by atoms with E-state index in [1.165, 1.54) is 25.7 Å². The van der Waals surface area contributed by atoms with Gasteiger partial charge in [0.25, 0.3) is 0 Å². The van der Waals surface area contributed by atoms with Gasteiger partial charge in [-0.05, 0) is 70.2 Å². The first-order valence-corrected chi connectivity index (χ1v) is 18.2. The molecule has 0 bridgehead atoms. The molecule has 2 atom stereocenters. The smallest absolute Gasteiger partial charge is 0.308 e. The molecule has 1 aliphatic heterocycles. The maximum atomic E-state index is 13.8. The zero-order chi connectivity index (χ0) is 36.5. The number of nitrogens with zero attached hydrogens (tertiary/aromatic N) is 5. The molecular weight excluding hydrogens is 642 g/mol. The highest BCUT2D eigenvalue weighted by Gasteiger charge is 2.35.